The summed E-state index contributed by atoms with van der Waals surface area (Å²) in [5, 5.41) is 0.735. The molecular formula is C22H20O6. The van der Waals surface area contributed by atoms with Crippen LogP contribution in [0.3, 0.4) is 0 Å². The smallest absolute Gasteiger partial charge is 0.336 e. The molecule has 0 aliphatic carbocycles. The van der Waals surface area contributed by atoms with Gasteiger partial charge in [-0.3, -0.25) is 0 Å². The average molecular weight is 380 g/mol. The van der Waals surface area contributed by atoms with E-state index in [1.807, 2.05) is 19.1 Å². The van der Waals surface area contributed by atoms with Crippen LogP contribution in [0.4, 0.5) is 0 Å². The molecule has 0 aliphatic rings. The quantitative estimate of drug-likeness (QED) is 0.367. The Hall–Kier alpha value is -3.54. The molecule has 3 aromatic rings. The third-order valence-corrected chi connectivity index (χ3v) is 4.20. The first kappa shape index (κ1) is 19.2. The highest BCUT2D eigenvalue weighted by Gasteiger charge is 2.08. The minimum Gasteiger partial charge on any atom is -0.497 e. The molecule has 0 atom stereocenters. The number of benzene rings is 2. The van der Waals surface area contributed by atoms with Crippen molar-refractivity contribution in [3.63, 3.8) is 0 Å². The molecule has 0 fully saturated rings. The molecule has 144 valence electrons. The average Bonchev–Trinajstić information content (AvgIpc) is 2.69. The Balaban J connectivity index is 1.74. The monoisotopic (exact) mass is 380 g/mol. The maximum absolute atomic E-state index is 12.1. The van der Waals surface area contributed by atoms with E-state index in [0.29, 0.717) is 28.2 Å². The number of rotatable bonds is 6. The molecule has 0 unspecified atom stereocenters. The van der Waals surface area contributed by atoms with Gasteiger partial charge in [-0.05, 0) is 36.8 Å². The Morgan fingerprint density at radius 3 is 2.64 bits per heavy atom. The first-order chi connectivity index (χ1) is 13.5. The van der Waals surface area contributed by atoms with Gasteiger partial charge < -0.3 is 18.6 Å². The molecule has 0 saturated heterocycles. The topological polar surface area (TPSA) is 75.0 Å². The van der Waals surface area contributed by atoms with E-state index >= 15 is 0 Å². The van der Waals surface area contributed by atoms with E-state index in [-0.39, 0.29) is 6.61 Å². The highest BCUT2D eigenvalue weighted by molar-refractivity contribution is 5.88. The minimum atomic E-state index is -0.536. The molecule has 0 bridgehead atoms. The molecule has 1 heterocycles. The molecule has 0 amide bonds. The Kier molecular flexibility index (Phi) is 5.79. The Labute approximate surface area is 162 Å². The van der Waals surface area contributed by atoms with Gasteiger partial charge in [-0.1, -0.05) is 12.1 Å². The molecule has 0 aliphatic heterocycles. The van der Waals surface area contributed by atoms with Crippen molar-refractivity contribution < 1.29 is 23.4 Å². The second kappa shape index (κ2) is 8.43. The van der Waals surface area contributed by atoms with Crippen LogP contribution >= 0.6 is 0 Å². The van der Waals surface area contributed by atoms with Crippen LogP contribution in [0.25, 0.3) is 17.0 Å². The standard InChI is InChI=1S/C22H20O6/c1-14-4-8-18-16(11-22(24)28-20(18)10-14)13-27-21(23)9-6-15-5-7-17(25-2)12-19(15)26-3/h4-12H,13H2,1-3H3/b9-6+. The van der Waals surface area contributed by atoms with Gasteiger partial charge in [-0.15, -0.1) is 0 Å². The first-order valence-corrected chi connectivity index (χ1v) is 8.60. The minimum absolute atomic E-state index is 0.0336. The fourth-order valence-corrected chi connectivity index (χ4v) is 2.77. The Morgan fingerprint density at radius 1 is 1.07 bits per heavy atom. The van der Waals surface area contributed by atoms with E-state index in [4.69, 9.17) is 18.6 Å². The summed E-state index contributed by atoms with van der Waals surface area (Å²) < 4.78 is 20.9. The molecule has 6 nitrogen and oxygen atoms in total. The van der Waals surface area contributed by atoms with Crippen LogP contribution in [0.5, 0.6) is 11.5 Å². The number of carbonyl (C=O) groups is 1. The van der Waals surface area contributed by atoms with Crippen molar-refractivity contribution in [2.75, 3.05) is 14.2 Å². The third-order valence-electron chi connectivity index (χ3n) is 4.20. The van der Waals surface area contributed by atoms with Gasteiger partial charge in [0, 0.05) is 34.7 Å². The highest BCUT2D eigenvalue weighted by atomic mass is 16.5. The number of ether oxygens (including phenoxy) is 3. The van der Waals surface area contributed by atoms with E-state index in [2.05, 4.69) is 0 Å². The molecule has 2 aromatic carbocycles. The maximum atomic E-state index is 12.1. The summed E-state index contributed by atoms with van der Waals surface area (Å²) in [5.74, 6) is 0.693. The predicted octanol–water partition coefficient (Wildman–Crippen LogP) is 3.88. The molecule has 28 heavy (non-hydrogen) atoms. The van der Waals surface area contributed by atoms with Crippen LogP contribution in [0.15, 0.2) is 57.8 Å². The first-order valence-electron chi connectivity index (χ1n) is 8.60. The van der Waals surface area contributed by atoms with Crippen LogP contribution in [0.2, 0.25) is 0 Å². The van der Waals surface area contributed by atoms with Gasteiger partial charge in [0.1, 0.15) is 23.7 Å². The molecule has 6 heteroatoms. The van der Waals surface area contributed by atoms with Crippen molar-refractivity contribution in [2.45, 2.75) is 13.5 Å². The van der Waals surface area contributed by atoms with Gasteiger partial charge in [0.2, 0.25) is 0 Å². The summed E-state index contributed by atoms with van der Waals surface area (Å²) in [5.41, 5.74) is 2.26. The van der Waals surface area contributed by atoms with Crippen LogP contribution in [-0.4, -0.2) is 20.2 Å². The van der Waals surface area contributed by atoms with E-state index in [0.717, 1.165) is 10.9 Å². The molecule has 0 N–H and O–H groups in total. The van der Waals surface area contributed by atoms with Gasteiger partial charge in [0.05, 0.1) is 14.2 Å². The fourth-order valence-electron chi connectivity index (χ4n) is 2.77. The predicted molar refractivity (Wildman–Crippen MR) is 106 cm³/mol. The summed E-state index contributed by atoms with van der Waals surface area (Å²) >= 11 is 0. The summed E-state index contributed by atoms with van der Waals surface area (Å²) in [6.45, 7) is 1.87. The largest absolute Gasteiger partial charge is 0.497 e. The van der Waals surface area contributed by atoms with Gasteiger partial charge in [-0.2, -0.15) is 0 Å². The summed E-state index contributed by atoms with van der Waals surface area (Å²) in [6.07, 6.45) is 2.91. The van der Waals surface area contributed by atoms with Crippen molar-refractivity contribution in [1.82, 2.24) is 0 Å². The lowest BCUT2D eigenvalue weighted by atomic mass is 10.1. The fraction of sp³-hybridized carbons (Fsp3) is 0.182. The zero-order valence-corrected chi connectivity index (χ0v) is 15.9. The van der Waals surface area contributed by atoms with E-state index in [1.54, 1.807) is 37.5 Å². The van der Waals surface area contributed by atoms with Crippen LogP contribution in [0.1, 0.15) is 16.7 Å². The highest BCUT2D eigenvalue weighted by Crippen LogP contribution is 2.25. The summed E-state index contributed by atoms with van der Waals surface area (Å²) in [6, 6.07) is 12.1. The maximum Gasteiger partial charge on any atom is 0.336 e. The number of hydrogen-bond acceptors (Lipinski definition) is 6. The van der Waals surface area contributed by atoms with Crippen molar-refractivity contribution in [2.24, 2.45) is 0 Å². The van der Waals surface area contributed by atoms with Crippen LogP contribution in [0, 0.1) is 6.92 Å². The molecule has 1 aromatic heterocycles. The Morgan fingerprint density at radius 2 is 1.89 bits per heavy atom. The third kappa shape index (κ3) is 4.40. The number of carbonyl (C=O) groups excluding carboxylic acids is 1. The summed E-state index contributed by atoms with van der Waals surface area (Å²) in [7, 11) is 3.11. The van der Waals surface area contributed by atoms with E-state index in [9.17, 15) is 9.59 Å². The number of aryl methyl sites for hydroxylation is 1. The SMILES string of the molecule is COc1ccc(/C=C/C(=O)OCc2cc(=O)oc3cc(C)ccc23)c(OC)c1. The Bertz CT molecular complexity index is 1090. The lowest BCUT2D eigenvalue weighted by Crippen LogP contribution is -2.05. The van der Waals surface area contributed by atoms with Crippen molar-refractivity contribution in [3.8, 4) is 11.5 Å². The molecule has 0 saturated carbocycles. The van der Waals surface area contributed by atoms with E-state index in [1.165, 1.54) is 19.3 Å². The normalized spacial score (nSPS) is 11.0. The van der Waals surface area contributed by atoms with Gasteiger partial charge in [0.25, 0.3) is 0 Å². The zero-order valence-electron chi connectivity index (χ0n) is 15.9. The molecule has 0 spiro atoms. The number of methoxy groups -OCH3 is 2. The number of fused-ring (bicyclic) bond motifs is 1. The number of esters is 1. The second-order valence-electron chi connectivity index (χ2n) is 6.14. The van der Waals surface area contributed by atoms with Crippen LogP contribution in [-0.2, 0) is 16.1 Å². The van der Waals surface area contributed by atoms with Crippen molar-refractivity contribution in [1.29, 1.82) is 0 Å². The van der Waals surface area contributed by atoms with Crippen molar-refractivity contribution in [3.05, 3.63) is 75.7 Å². The van der Waals surface area contributed by atoms with Crippen LogP contribution < -0.4 is 15.1 Å². The molecule has 3 rings (SSSR count). The second-order valence-corrected chi connectivity index (χ2v) is 6.14. The molecular weight excluding hydrogens is 360 g/mol. The zero-order chi connectivity index (χ0) is 20.1. The van der Waals surface area contributed by atoms with Crippen molar-refractivity contribution >= 4 is 23.0 Å². The summed E-state index contributed by atoms with van der Waals surface area (Å²) in [4.78, 5) is 23.9. The van der Waals surface area contributed by atoms with E-state index < -0.39 is 11.6 Å². The van der Waals surface area contributed by atoms with Gasteiger partial charge in [-0.25, -0.2) is 9.59 Å². The lowest BCUT2D eigenvalue weighted by molar-refractivity contribution is -0.138. The van der Waals surface area contributed by atoms with Gasteiger partial charge >= 0.3 is 11.6 Å². The lowest BCUT2D eigenvalue weighted by Gasteiger charge is -2.08. The number of hydrogen-bond donors (Lipinski definition) is 0. The molecule has 0 radical (unpaired) electrons. The van der Waals surface area contributed by atoms with Gasteiger partial charge in [0.15, 0.2) is 0 Å².